The van der Waals surface area contributed by atoms with Gasteiger partial charge in [-0.05, 0) is 75.5 Å². The third-order valence-electron chi connectivity index (χ3n) is 13.5. The number of fused-ring (bicyclic) bond motifs is 4. The number of nitrogens with zero attached hydrogens (tertiary/aromatic N) is 9. The van der Waals surface area contributed by atoms with Crippen LogP contribution in [0.5, 0.6) is 0 Å². The van der Waals surface area contributed by atoms with E-state index in [0.717, 1.165) is 51.7 Å². The highest BCUT2D eigenvalue weighted by molar-refractivity contribution is 6.08. The fourth-order valence-electron chi connectivity index (χ4n) is 10.2. The van der Waals surface area contributed by atoms with E-state index >= 15 is 0 Å². The quantitative estimate of drug-likeness (QED) is 0.161. The highest BCUT2D eigenvalue weighted by Gasteiger charge is 2.41. The molecule has 4 aliphatic heterocycles. The van der Waals surface area contributed by atoms with Crippen LogP contribution < -0.4 is 21.2 Å². The molecule has 1 unspecified atom stereocenters. The first-order valence-corrected chi connectivity index (χ1v) is 21.9. The van der Waals surface area contributed by atoms with E-state index in [1.165, 1.54) is 30.7 Å². The standard InChI is InChI=1S/C44H48F3N11O6/c1-53-38-27(4-2-6-34(38)58(43(53)62)35-11-12-37(59)51-42(35)61)5-3-19-63-30-13-16-54(17-14-30)22-26-7-9-28(10-8-26)57-24-33(39(52-57)44(45,46)47)49-41(60)32-21-48-56-18-15-36(50-40(32)56)55-23-31-20-29(55)25-64-31/h2,4,6,15,18,21,24,26,28-31,35H,7-14,16-17,19-20,22-23,25H2,1H3,(H,49,60)(H,51,59,61)/t26-,28-,29-,31-,35?/m1/s1. The Bertz CT molecular complexity index is 2750. The Morgan fingerprint density at radius 2 is 1.86 bits per heavy atom. The van der Waals surface area contributed by atoms with Crippen LogP contribution in [-0.2, 0) is 32.3 Å². The number of hydrogen-bond donors (Lipinski definition) is 2. The number of nitrogens with one attached hydrogen (secondary N) is 2. The number of halogens is 3. The second-order valence-corrected chi connectivity index (χ2v) is 17.6. The Morgan fingerprint density at radius 3 is 2.59 bits per heavy atom. The molecular formula is C44H48F3N11O6. The van der Waals surface area contributed by atoms with Crippen molar-refractivity contribution in [2.24, 2.45) is 13.0 Å². The molecule has 1 saturated carbocycles. The van der Waals surface area contributed by atoms with Gasteiger partial charge in [-0.3, -0.25) is 33.5 Å². The average molecular weight is 884 g/mol. The summed E-state index contributed by atoms with van der Waals surface area (Å²) in [5.74, 6) is 5.74. The monoisotopic (exact) mass is 883 g/mol. The van der Waals surface area contributed by atoms with E-state index in [1.807, 2.05) is 12.1 Å². The van der Waals surface area contributed by atoms with Crippen molar-refractivity contribution in [2.75, 3.05) is 49.6 Å². The number of para-hydroxylation sites is 1. The molecular weight excluding hydrogens is 836 g/mol. The van der Waals surface area contributed by atoms with Crippen molar-refractivity contribution in [3.63, 3.8) is 0 Å². The number of imide groups is 1. The van der Waals surface area contributed by atoms with E-state index < -0.39 is 35.4 Å². The molecule has 3 atom stereocenters. The van der Waals surface area contributed by atoms with Gasteiger partial charge in [0, 0.05) is 52.0 Å². The molecule has 1 aromatic carbocycles. The summed E-state index contributed by atoms with van der Waals surface area (Å²) in [6.07, 6.45) is 5.76. The maximum Gasteiger partial charge on any atom is 0.437 e. The molecule has 5 aromatic rings. The highest BCUT2D eigenvalue weighted by atomic mass is 19.4. The highest BCUT2D eigenvalue weighted by Crippen LogP contribution is 2.39. The molecule has 1 aliphatic carbocycles. The summed E-state index contributed by atoms with van der Waals surface area (Å²) in [6.45, 7) is 4.14. The second-order valence-electron chi connectivity index (χ2n) is 17.6. The van der Waals surface area contributed by atoms with Gasteiger partial charge < -0.3 is 24.6 Å². The predicted molar refractivity (Wildman–Crippen MR) is 226 cm³/mol. The van der Waals surface area contributed by atoms with Crippen LogP contribution in [0.15, 0.2) is 47.7 Å². The third-order valence-corrected chi connectivity index (χ3v) is 13.5. The number of morpholine rings is 1. The van der Waals surface area contributed by atoms with Gasteiger partial charge in [0.1, 0.15) is 24.0 Å². The minimum atomic E-state index is -4.78. The maximum atomic E-state index is 14.3. The number of likely N-dealkylation sites (tertiary alicyclic amines) is 1. The Hall–Kier alpha value is -6.04. The predicted octanol–water partition coefficient (Wildman–Crippen LogP) is 4.07. The molecule has 10 rings (SSSR count). The molecule has 20 heteroatoms. The number of aromatic nitrogens is 7. The van der Waals surface area contributed by atoms with Gasteiger partial charge >= 0.3 is 11.9 Å². The summed E-state index contributed by atoms with van der Waals surface area (Å²) in [5, 5.41) is 13.0. The zero-order valence-corrected chi connectivity index (χ0v) is 35.2. The zero-order chi connectivity index (χ0) is 44.3. The van der Waals surface area contributed by atoms with Crippen LogP contribution in [0.1, 0.15) is 91.5 Å². The molecule has 4 aromatic heterocycles. The normalized spacial score (nSPS) is 24.4. The fraction of sp³-hybridized carbons (Fsp3) is 0.523. The molecule has 17 nitrogen and oxygen atoms in total. The number of hydrogen-bond acceptors (Lipinski definition) is 11. The average Bonchev–Trinajstić information content (AvgIpc) is 4.13. The van der Waals surface area contributed by atoms with Gasteiger partial charge in [0.05, 0.1) is 59.4 Å². The van der Waals surface area contributed by atoms with Crippen LogP contribution in [0.25, 0.3) is 16.7 Å². The van der Waals surface area contributed by atoms with Gasteiger partial charge in [0.2, 0.25) is 11.8 Å². The molecule has 3 amide bonds. The van der Waals surface area contributed by atoms with Crippen LogP contribution in [0.2, 0.25) is 0 Å². The van der Waals surface area contributed by atoms with Crippen molar-refractivity contribution in [2.45, 2.75) is 94.3 Å². The van der Waals surface area contributed by atoms with E-state index in [2.05, 4.69) is 47.5 Å². The summed E-state index contributed by atoms with van der Waals surface area (Å²) in [4.78, 5) is 60.3. The third kappa shape index (κ3) is 8.04. The van der Waals surface area contributed by atoms with Gasteiger partial charge in [-0.1, -0.05) is 17.9 Å². The van der Waals surface area contributed by atoms with Crippen molar-refractivity contribution in [1.82, 2.24) is 43.7 Å². The number of alkyl halides is 3. The number of rotatable bonds is 9. The van der Waals surface area contributed by atoms with Crippen LogP contribution in [0.3, 0.4) is 0 Å². The van der Waals surface area contributed by atoms with Gasteiger partial charge in [-0.15, -0.1) is 0 Å². The zero-order valence-electron chi connectivity index (χ0n) is 35.2. The van der Waals surface area contributed by atoms with Crippen LogP contribution in [0.4, 0.5) is 24.7 Å². The van der Waals surface area contributed by atoms with Crippen LogP contribution in [0, 0.1) is 17.8 Å². The van der Waals surface area contributed by atoms with Crippen LogP contribution >= 0.6 is 0 Å². The Labute approximate surface area is 364 Å². The molecule has 2 bridgehead atoms. The number of anilines is 2. The minimum absolute atomic E-state index is 0.0505. The summed E-state index contributed by atoms with van der Waals surface area (Å²) >= 11 is 0. The lowest BCUT2D eigenvalue weighted by Crippen LogP contribution is -2.44. The summed E-state index contributed by atoms with van der Waals surface area (Å²) < 4.78 is 60.5. The first kappa shape index (κ1) is 41.9. The molecule has 0 spiro atoms. The van der Waals surface area contributed by atoms with E-state index in [4.69, 9.17) is 9.47 Å². The van der Waals surface area contributed by atoms with Crippen molar-refractivity contribution in [3.8, 4) is 11.8 Å². The van der Waals surface area contributed by atoms with Crippen molar-refractivity contribution < 1.29 is 37.0 Å². The summed E-state index contributed by atoms with van der Waals surface area (Å²) in [7, 11) is 1.64. The van der Waals surface area contributed by atoms with Gasteiger partial charge in [-0.25, -0.2) is 14.3 Å². The Morgan fingerprint density at radius 1 is 1.05 bits per heavy atom. The summed E-state index contributed by atoms with van der Waals surface area (Å²) in [6, 6.07) is 6.40. The molecule has 0 radical (unpaired) electrons. The molecule has 2 N–H and O–H groups in total. The second kappa shape index (κ2) is 16.8. The lowest BCUT2D eigenvalue weighted by atomic mass is 9.85. The van der Waals surface area contributed by atoms with Crippen molar-refractivity contribution in [3.05, 3.63) is 70.2 Å². The molecule has 5 fully saturated rings. The summed E-state index contributed by atoms with van der Waals surface area (Å²) in [5.41, 5.74) is 0.271. The largest absolute Gasteiger partial charge is 0.437 e. The Kier molecular flexibility index (Phi) is 11.0. The minimum Gasteiger partial charge on any atom is -0.374 e. The Balaban J connectivity index is 0.709. The van der Waals surface area contributed by atoms with Crippen molar-refractivity contribution in [1.29, 1.82) is 0 Å². The molecule has 4 saturated heterocycles. The van der Waals surface area contributed by atoms with E-state index in [-0.39, 0.29) is 66.5 Å². The lowest BCUT2D eigenvalue weighted by molar-refractivity contribution is -0.141. The van der Waals surface area contributed by atoms with Gasteiger partial charge in [0.25, 0.3) is 5.91 Å². The lowest BCUT2D eigenvalue weighted by Gasteiger charge is -2.36. The first-order valence-electron chi connectivity index (χ1n) is 21.9. The number of aryl methyl sites for hydroxylation is 1. The van der Waals surface area contributed by atoms with E-state index in [1.54, 1.807) is 25.4 Å². The van der Waals surface area contributed by atoms with Gasteiger partial charge in [0.15, 0.2) is 11.3 Å². The number of amides is 3. The number of benzene rings is 1. The maximum absolute atomic E-state index is 14.3. The van der Waals surface area contributed by atoms with Gasteiger partial charge in [-0.2, -0.15) is 23.4 Å². The molecule has 336 valence electrons. The number of piperidine rings is 2. The number of carbonyl (C=O) groups is 3. The fourth-order valence-corrected chi connectivity index (χ4v) is 10.2. The molecule has 5 aliphatic rings. The van der Waals surface area contributed by atoms with E-state index in [0.29, 0.717) is 54.3 Å². The topological polar surface area (TPSA) is 175 Å². The molecule has 8 heterocycles. The SMILES string of the molecule is Cn1c(=O)n(C2CCC(=O)NC2=O)c2cccc(C#CCOC3CCN(C[C@H]4CC[C@H](n5cc(NC(=O)c6cnn7ccc(N8C[C@H]9C[C@@H]8CO9)nc67)c(C(F)(F)F)n5)CC4)CC3)c21. The smallest absolute Gasteiger partial charge is 0.374 e. The van der Waals surface area contributed by atoms with Crippen molar-refractivity contribution >= 4 is 45.9 Å². The number of imidazole rings is 1. The number of carbonyl (C=O) groups excluding carboxylic acids is 3. The van der Waals surface area contributed by atoms with E-state index in [9.17, 15) is 32.3 Å². The molecule has 64 heavy (non-hydrogen) atoms. The van der Waals surface area contributed by atoms with Crippen LogP contribution in [-0.4, -0.2) is 114 Å². The first-order chi connectivity index (χ1) is 30.9. The number of ether oxygens (including phenoxy) is 2.